The molecule has 122 valence electrons. The molecule has 0 spiro atoms. The predicted molar refractivity (Wildman–Crippen MR) is 94.6 cm³/mol. The number of benzene rings is 1. The molecule has 0 bridgehead atoms. The van der Waals surface area contributed by atoms with Crippen molar-refractivity contribution in [3.63, 3.8) is 0 Å². The van der Waals surface area contributed by atoms with Crippen molar-refractivity contribution in [1.29, 1.82) is 0 Å². The van der Waals surface area contributed by atoms with Crippen LogP contribution in [0.25, 0.3) is 0 Å². The lowest BCUT2D eigenvalue weighted by Gasteiger charge is -2.24. The Bertz CT molecular complexity index is 543. The average molecular weight is 369 g/mol. The average Bonchev–Trinajstić information content (AvgIpc) is 2.45. The number of carbonyl (C=O) groups excluding carboxylic acids is 1. The van der Waals surface area contributed by atoms with E-state index in [4.69, 9.17) is 5.73 Å². The number of hydrogen-bond acceptors (Lipinski definition) is 2. The molecule has 0 unspecified atom stereocenters. The van der Waals surface area contributed by atoms with Gasteiger partial charge in [0.25, 0.3) is 0 Å². The highest BCUT2D eigenvalue weighted by atomic mass is 79.9. The van der Waals surface area contributed by atoms with Crippen LogP contribution in [0.3, 0.4) is 0 Å². The van der Waals surface area contributed by atoms with Crippen molar-refractivity contribution in [2.24, 2.45) is 16.1 Å². The van der Waals surface area contributed by atoms with E-state index in [-0.39, 0.29) is 5.91 Å². The van der Waals surface area contributed by atoms with Gasteiger partial charge in [-0.25, -0.2) is 0 Å². The summed E-state index contributed by atoms with van der Waals surface area (Å²) in [5, 5.41) is 3.24. The number of nitrogens with one attached hydrogen (secondary N) is 1. The molecule has 0 saturated carbocycles. The maximum atomic E-state index is 11.4. The molecule has 0 radical (unpaired) electrons. The van der Waals surface area contributed by atoms with Crippen LogP contribution >= 0.6 is 15.9 Å². The first kappa shape index (κ1) is 18.5. The standard InChI is InChI=1S/C16H25BrN4O/c1-5-19-15(20-11-16(2,3)14(18)22)21(4)10-12-8-6-7-9-13(12)17/h6-9H,5,10-11H2,1-4H3,(H2,18,22)(H,19,20). The van der Waals surface area contributed by atoms with Gasteiger partial charge in [-0.15, -0.1) is 0 Å². The molecule has 1 aromatic carbocycles. The molecule has 0 atom stereocenters. The van der Waals surface area contributed by atoms with Crippen LogP contribution in [0, 0.1) is 5.41 Å². The van der Waals surface area contributed by atoms with Crippen LogP contribution in [0.2, 0.25) is 0 Å². The Balaban J connectivity index is 2.85. The third-order valence-electron chi connectivity index (χ3n) is 3.35. The predicted octanol–water partition coefficient (Wildman–Crippen LogP) is 2.36. The topological polar surface area (TPSA) is 70.7 Å². The molecule has 0 aliphatic carbocycles. The lowest BCUT2D eigenvalue weighted by Crippen LogP contribution is -2.40. The number of nitrogens with two attached hydrogens (primary N) is 1. The molecule has 5 nitrogen and oxygen atoms in total. The van der Waals surface area contributed by atoms with Gasteiger partial charge in [-0.3, -0.25) is 9.79 Å². The summed E-state index contributed by atoms with van der Waals surface area (Å²) in [6.07, 6.45) is 0. The minimum atomic E-state index is -0.658. The summed E-state index contributed by atoms with van der Waals surface area (Å²) in [5.74, 6) is 0.410. The molecule has 1 rings (SSSR count). The molecule has 0 aliphatic heterocycles. The molecule has 0 heterocycles. The fourth-order valence-corrected chi connectivity index (χ4v) is 2.19. The van der Waals surface area contributed by atoms with Crippen molar-refractivity contribution < 1.29 is 4.79 Å². The van der Waals surface area contributed by atoms with E-state index in [2.05, 4.69) is 32.3 Å². The molecule has 1 aromatic rings. The Morgan fingerprint density at radius 3 is 2.59 bits per heavy atom. The second-order valence-electron chi connectivity index (χ2n) is 5.87. The van der Waals surface area contributed by atoms with Crippen molar-refractivity contribution in [3.8, 4) is 0 Å². The number of aliphatic imine (C=N–C) groups is 1. The van der Waals surface area contributed by atoms with E-state index in [1.807, 2.05) is 37.1 Å². The number of carbonyl (C=O) groups is 1. The van der Waals surface area contributed by atoms with Crippen molar-refractivity contribution in [2.45, 2.75) is 27.3 Å². The van der Waals surface area contributed by atoms with Crippen LogP contribution in [-0.2, 0) is 11.3 Å². The van der Waals surface area contributed by atoms with Crippen LogP contribution in [0.4, 0.5) is 0 Å². The molecule has 22 heavy (non-hydrogen) atoms. The summed E-state index contributed by atoms with van der Waals surface area (Å²) < 4.78 is 1.06. The maximum absolute atomic E-state index is 11.4. The van der Waals surface area contributed by atoms with Gasteiger partial charge in [0, 0.05) is 24.6 Å². The first-order chi connectivity index (χ1) is 10.3. The van der Waals surface area contributed by atoms with E-state index in [1.54, 1.807) is 13.8 Å². The van der Waals surface area contributed by atoms with Gasteiger partial charge in [0.1, 0.15) is 0 Å². The first-order valence-corrected chi connectivity index (χ1v) is 8.10. The zero-order valence-corrected chi connectivity index (χ0v) is 15.3. The highest BCUT2D eigenvalue weighted by molar-refractivity contribution is 9.10. The second kappa shape index (κ2) is 8.17. The molecule has 0 saturated heterocycles. The SMILES string of the molecule is CCNC(=NCC(C)(C)C(N)=O)N(C)Cc1ccccc1Br. The third-order valence-corrected chi connectivity index (χ3v) is 4.13. The van der Waals surface area contributed by atoms with E-state index in [0.29, 0.717) is 13.1 Å². The Labute approximate surface area is 141 Å². The smallest absolute Gasteiger partial charge is 0.224 e. The van der Waals surface area contributed by atoms with Gasteiger partial charge in [0.15, 0.2) is 5.96 Å². The fourth-order valence-electron chi connectivity index (χ4n) is 1.78. The molecule has 0 aromatic heterocycles. The van der Waals surface area contributed by atoms with Crippen LogP contribution in [-0.4, -0.2) is 36.9 Å². The molecule has 0 aliphatic rings. The first-order valence-electron chi connectivity index (χ1n) is 7.30. The van der Waals surface area contributed by atoms with E-state index < -0.39 is 5.41 Å². The monoisotopic (exact) mass is 368 g/mol. The number of halogens is 1. The minimum absolute atomic E-state index is 0.347. The van der Waals surface area contributed by atoms with Gasteiger partial charge in [0.05, 0.1) is 12.0 Å². The highest BCUT2D eigenvalue weighted by Gasteiger charge is 2.25. The Kier molecular flexibility index (Phi) is 6.87. The van der Waals surface area contributed by atoms with E-state index in [0.717, 1.165) is 17.0 Å². The normalized spacial score (nSPS) is 12.1. The summed E-state index contributed by atoms with van der Waals surface area (Å²) in [4.78, 5) is 18.0. The largest absolute Gasteiger partial charge is 0.369 e. The highest BCUT2D eigenvalue weighted by Crippen LogP contribution is 2.18. The summed E-state index contributed by atoms with van der Waals surface area (Å²) in [5.41, 5.74) is 5.91. The summed E-state index contributed by atoms with van der Waals surface area (Å²) in [7, 11) is 1.97. The Hall–Kier alpha value is -1.56. The van der Waals surface area contributed by atoms with E-state index >= 15 is 0 Å². The third kappa shape index (κ3) is 5.33. The minimum Gasteiger partial charge on any atom is -0.369 e. The number of guanidine groups is 1. The zero-order chi connectivity index (χ0) is 16.8. The van der Waals surface area contributed by atoms with E-state index in [9.17, 15) is 4.79 Å². The molecular formula is C16H25BrN4O. The van der Waals surface area contributed by atoms with Crippen molar-refractivity contribution in [3.05, 3.63) is 34.3 Å². The van der Waals surface area contributed by atoms with Gasteiger partial charge in [-0.1, -0.05) is 34.1 Å². The van der Waals surface area contributed by atoms with Crippen molar-refractivity contribution in [2.75, 3.05) is 20.1 Å². The molecule has 1 amide bonds. The number of hydrogen-bond donors (Lipinski definition) is 2. The van der Waals surface area contributed by atoms with Crippen LogP contribution in [0.5, 0.6) is 0 Å². The van der Waals surface area contributed by atoms with E-state index in [1.165, 1.54) is 5.56 Å². The molecule has 0 fully saturated rings. The zero-order valence-electron chi connectivity index (χ0n) is 13.7. The van der Waals surface area contributed by atoms with Gasteiger partial charge in [0.2, 0.25) is 5.91 Å². The van der Waals surface area contributed by atoms with Crippen molar-refractivity contribution in [1.82, 2.24) is 10.2 Å². The second-order valence-corrected chi connectivity index (χ2v) is 6.72. The van der Waals surface area contributed by atoms with Gasteiger partial charge < -0.3 is 16.0 Å². The van der Waals surface area contributed by atoms with Crippen molar-refractivity contribution >= 4 is 27.8 Å². The number of amides is 1. The van der Waals surface area contributed by atoms with Crippen LogP contribution in [0.1, 0.15) is 26.3 Å². The molecule has 6 heteroatoms. The summed E-state index contributed by atoms with van der Waals surface area (Å²) in [6.45, 7) is 7.44. The number of nitrogens with zero attached hydrogens (tertiary/aromatic N) is 2. The van der Waals surface area contributed by atoms with Gasteiger partial charge >= 0.3 is 0 Å². The number of rotatable bonds is 6. The van der Waals surface area contributed by atoms with Gasteiger partial charge in [-0.05, 0) is 32.4 Å². The quantitative estimate of drug-likeness (QED) is 0.597. The lowest BCUT2D eigenvalue weighted by atomic mass is 9.93. The molecule has 3 N–H and O–H groups in total. The van der Waals surface area contributed by atoms with Crippen LogP contribution in [0.15, 0.2) is 33.7 Å². The van der Waals surface area contributed by atoms with Crippen LogP contribution < -0.4 is 11.1 Å². The summed E-state index contributed by atoms with van der Waals surface area (Å²) >= 11 is 3.55. The number of primary amides is 1. The fraction of sp³-hybridized carbons (Fsp3) is 0.500. The Morgan fingerprint density at radius 2 is 2.05 bits per heavy atom. The van der Waals surface area contributed by atoms with Gasteiger partial charge in [-0.2, -0.15) is 0 Å². The lowest BCUT2D eigenvalue weighted by molar-refractivity contribution is -0.125. The maximum Gasteiger partial charge on any atom is 0.224 e. The Morgan fingerprint density at radius 1 is 1.41 bits per heavy atom. The summed E-state index contributed by atoms with van der Waals surface area (Å²) in [6, 6.07) is 8.08. The molecular weight excluding hydrogens is 344 g/mol.